The van der Waals surface area contributed by atoms with Crippen LogP contribution >= 0.6 is 22.9 Å². The summed E-state index contributed by atoms with van der Waals surface area (Å²) in [4.78, 5) is 63.9. The molecule has 1 aromatic heterocycles. The molecule has 4 amide bonds. The maximum absolute atomic E-state index is 14.2. The normalized spacial score (nSPS) is 21.9. The van der Waals surface area contributed by atoms with E-state index in [1.165, 1.54) is 4.90 Å². The number of piperidine rings is 1. The monoisotopic (exact) mass is 979 g/mol. The van der Waals surface area contributed by atoms with Crippen LogP contribution in [0.25, 0.3) is 10.4 Å². The van der Waals surface area contributed by atoms with E-state index in [9.17, 15) is 29.5 Å². The standard InChI is InChI=1S/C53H66ClN7O7S/c1-31(34-10-12-35(13-11-34)44-32(2)56-30-69-44)57-47(65)42-24-39(62)27-61(42)48(66)45(51(3,4)5)58-43(63)29-67-28-33-20-22-60(23-21-33)38-17-14-36(15-18-38)46(64)59-49-52(6,7)50(53(49,8)9)68-40-19-16-37(26-55)41(54)25-40/h10-19,25,30-31,33,39,42,45,49-50,62H,20-24,27-29H2,1-9H3,(H,57,65)(H,58,63)(H,59,64)/t31?,39-,42+,45-,49-,50-/m1/s1. The average molecular weight is 981 g/mol. The fraction of sp³-hybridized carbons (Fsp3) is 0.509. The second-order valence-electron chi connectivity index (χ2n) is 21.2. The van der Waals surface area contributed by atoms with E-state index in [1.807, 2.05) is 88.7 Å². The molecule has 1 aliphatic carbocycles. The minimum Gasteiger partial charge on any atom is -0.489 e. The molecule has 2 aliphatic heterocycles. The Morgan fingerprint density at radius 1 is 0.986 bits per heavy atom. The number of thiazole rings is 1. The van der Waals surface area contributed by atoms with Crippen LogP contribution in [-0.2, 0) is 19.1 Å². The Balaban J connectivity index is 0.850. The summed E-state index contributed by atoms with van der Waals surface area (Å²) in [6.45, 7) is 19.5. The first-order valence-electron chi connectivity index (χ1n) is 23.8. The number of carbonyl (C=O) groups excluding carboxylic acids is 4. The van der Waals surface area contributed by atoms with Crippen molar-refractivity contribution in [1.82, 2.24) is 25.8 Å². The van der Waals surface area contributed by atoms with Gasteiger partial charge in [0.1, 0.15) is 36.6 Å². The highest BCUT2D eigenvalue weighted by Gasteiger charge is 2.64. The Morgan fingerprint density at radius 3 is 2.25 bits per heavy atom. The van der Waals surface area contributed by atoms with Crippen molar-refractivity contribution < 1.29 is 33.8 Å². The maximum Gasteiger partial charge on any atom is 0.251 e. The van der Waals surface area contributed by atoms with Crippen LogP contribution in [-0.4, -0.2) is 102 Å². The molecule has 7 rings (SSSR count). The van der Waals surface area contributed by atoms with Crippen LogP contribution < -0.4 is 25.6 Å². The molecule has 14 nitrogen and oxygen atoms in total. The summed E-state index contributed by atoms with van der Waals surface area (Å²) >= 11 is 7.84. The SMILES string of the molecule is Cc1ncsc1-c1ccc(C(C)NC(=O)[C@@H]2C[C@@H](O)CN2C(=O)[C@@H](NC(=O)COCC2CCN(c3ccc(C(=O)N[C@H]4C(C)(C)[C@H](Oc5ccc(C#N)c(Cl)c5)C4(C)C)cc3)CC2)C(C)(C)C)cc1. The van der Waals surface area contributed by atoms with E-state index >= 15 is 0 Å². The second kappa shape index (κ2) is 20.8. The Labute approximate surface area is 415 Å². The van der Waals surface area contributed by atoms with E-state index in [4.69, 9.17) is 21.1 Å². The number of nitrogens with zero attached hydrogens (tertiary/aromatic N) is 4. The minimum absolute atomic E-state index is 0.0141. The van der Waals surface area contributed by atoms with Gasteiger partial charge < -0.3 is 40.3 Å². The summed E-state index contributed by atoms with van der Waals surface area (Å²) in [5.74, 6) is -0.555. The van der Waals surface area contributed by atoms with E-state index < -0.39 is 35.4 Å². The molecule has 0 radical (unpaired) electrons. The first-order chi connectivity index (χ1) is 32.6. The molecule has 3 aromatic carbocycles. The topological polar surface area (TPSA) is 186 Å². The van der Waals surface area contributed by atoms with Crippen molar-refractivity contribution in [2.45, 2.75) is 118 Å². The molecule has 3 aliphatic rings. The van der Waals surface area contributed by atoms with Gasteiger partial charge in [-0.1, -0.05) is 84.3 Å². The van der Waals surface area contributed by atoms with Gasteiger partial charge in [-0.3, -0.25) is 19.2 Å². The highest BCUT2D eigenvalue weighted by atomic mass is 35.5. The van der Waals surface area contributed by atoms with Gasteiger partial charge in [0.25, 0.3) is 5.91 Å². The molecule has 16 heteroatoms. The molecule has 4 aromatic rings. The van der Waals surface area contributed by atoms with Gasteiger partial charge in [0.05, 0.1) is 45.4 Å². The van der Waals surface area contributed by atoms with Crippen molar-refractivity contribution in [3.05, 3.63) is 99.6 Å². The number of carbonyl (C=O) groups is 4. The number of nitriles is 1. The van der Waals surface area contributed by atoms with Crippen LogP contribution in [0.2, 0.25) is 5.02 Å². The van der Waals surface area contributed by atoms with Crippen molar-refractivity contribution in [2.75, 3.05) is 37.7 Å². The first kappa shape index (κ1) is 51.3. The van der Waals surface area contributed by atoms with Crippen LogP contribution in [0.15, 0.2) is 72.2 Å². The van der Waals surface area contributed by atoms with Crippen LogP contribution in [0.3, 0.4) is 0 Å². The third kappa shape index (κ3) is 11.4. The number of rotatable bonds is 15. The number of amides is 4. The molecule has 69 heavy (non-hydrogen) atoms. The summed E-state index contributed by atoms with van der Waals surface area (Å²) in [5, 5.41) is 29.4. The summed E-state index contributed by atoms with van der Waals surface area (Å²) in [6.07, 6.45) is 0.722. The fourth-order valence-corrected chi connectivity index (χ4v) is 11.6. The predicted molar refractivity (Wildman–Crippen MR) is 268 cm³/mol. The predicted octanol–water partition coefficient (Wildman–Crippen LogP) is 7.86. The first-order valence-corrected chi connectivity index (χ1v) is 25.0. The number of halogens is 1. The molecule has 0 spiro atoms. The lowest BCUT2D eigenvalue weighted by Crippen LogP contribution is -2.74. The van der Waals surface area contributed by atoms with Crippen LogP contribution in [0, 0.1) is 40.4 Å². The van der Waals surface area contributed by atoms with Gasteiger partial charge in [0, 0.05) is 60.2 Å². The molecule has 2 saturated heterocycles. The molecule has 4 N–H and O–H groups in total. The molecule has 4 atom stereocenters. The molecule has 1 unspecified atom stereocenters. The van der Waals surface area contributed by atoms with Crippen LogP contribution in [0.4, 0.5) is 5.69 Å². The van der Waals surface area contributed by atoms with Crippen molar-refractivity contribution in [3.8, 4) is 22.3 Å². The highest BCUT2D eigenvalue weighted by Crippen LogP contribution is 2.55. The lowest BCUT2D eigenvalue weighted by Gasteiger charge is -2.63. The van der Waals surface area contributed by atoms with E-state index in [-0.39, 0.29) is 66.3 Å². The largest absolute Gasteiger partial charge is 0.489 e. The van der Waals surface area contributed by atoms with Gasteiger partial charge in [-0.05, 0) is 85.5 Å². The molecule has 3 heterocycles. The van der Waals surface area contributed by atoms with Gasteiger partial charge in [0.15, 0.2) is 0 Å². The van der Waals surface area contributed by atoms with Crippen molar-refractivity contribution in [1.29, 1.82) is 5.26 Å². The van der Waals surface area contributed by atoms with Gasteiger partial charge in [-0.25, -0.2) is 4.98 Å². The highest BCUT2D eigenvalue weighted by molar-refractivity contribution is 7.13. The smallest absolute Gasteiger partial charge is 0.251 e. The number of hydrogen-bond acceptors (Lipinski definition) is 11. The molecule has 0 bridgehead atoms. The van der Waals surface area contributed by atoms with E-state index in [1.54, 1.807) is 29.5 Å². The number of aromatic nitrogens is 1. The summed E-state index contributed by atoms with van der Waals surface area (Å²) in [5.41, 5.74) is 5.25. The zero-order valence-electron chi connectivity index (χ0n) is 41.1. The third-order valence-corrected chi connectivity index (χ3v) is 15.5. The molecule has 3 fully saturated rings. The Kier molecular flexibility index (Phi) is 15.5. The second-order valence-corrected chi connectivity index (χ2v) is 22.4. The number of β-amino-alcohol motifs (C(OH)–C–C–N with tert-alkyl or cyclic N) is 1. The summed E-state index contributed by atoms with van der Waals surface area (Å²) in [6, 6.07) is 20.4. The number of aryl methyl sites for hydroxylation is 1. The van der Waals surface area contributed by atoms with E-state index in [0.717, 1.165) is 53.3 Å². The number of nitrogens with one attached hydrogen (secondary N) is 3. The number of aliphatic hydroxyl groups excluding tert-OH is 1. The number of likely N-dealkylation sites (tertiary alicyclic amines) is 1. The number of ether oxygens (including phenoxy) is 2. The lowest BCUT2D eigenvalue weighted by atomic mass is 9.49. The number of hydrogen-bond donors (Lipinski definition) is 4. The minimum atomic E-state index is -0.958. The quantitative estimate of drug-likeness (QED) is 0.0914. The van der Waals surface area contributed by atoms with Crippen molar-refractivity contribution in [3.63, 3.8) is 0 Å². The van der Waals surface area contributed by atoms with Crippen molar-refractivity contribution >= 4 is 52.3 Å². The van der Waals surface area contributed by atoms with Gasteiger partial charge in [0.2, 0.25) is 17.7 Å². The Bertz CT molecular complexity index is 2530. The Hall–Kier alpha value is -5.53. The summed E-state index contributed by atoms with van der Waals surface area (Å²) < 4.78 is 12.3. The van der Waals surface area contributed by atoms with Gasteiger partial charge >= 0.3 is 0 Å². The zero-order valence-corrected chi connectivity index (χ0v) is 42.7. The molecule has 1 saturated carbocycles. The number of benzene rings is 3. The van der Waals surface area contributed by atoms with E-state index in [0.29, 0.717) is 28.5 Å². The lowest BCUT2D eigenvalue weighted by molar-refractivity contribution is -0.164. The maximum atomic E-state index is 14.2. The molecular weight excluding hydrogens is 914 g/mol. The number of anilines is 1. The summed E-state index contributed by atoms with van der Waals surface area (Å²) in [7, 11) is 0. The van der Waals surface area contributed by atoms with Gasteiger partial charge in [-0.2, -0.15) is 5.26 Å². The number of aliphatic hydroxyl groups is 1. The molecular formula is C53H66ClN7O7S. The van der Waals surface area contributed by atoms with Crippen molar-refractivity contribution in [2.24, 2.45) is 22.2 Å². The fourth-order valence-electron chi connectivity index (χ4n) is 10.5. The zero-order chi connectivity index (χ0) is 50.0. The average Bonchev–Trinajstić information content (AvgIpc) is 3.93. The molecule has 368 valence electrons. The van der Waals surface area contributed by atoms with Crippen LogP contribution in [0.5, 0.6) is 5.75 Å². The van der Waals surface area contributed by atoms with E-state index in [2.05, 4.69) is 59.6 Å². The van der Waals surface area contributed by atoms with Gasteiger partial charge in [-0.15, -0.1) is 11.3 Å². The third-order valence-electron chi connectivity index (χ3n) is 14.2. The van der Waals surface area contributed by atoms with Crippen LogP contribution in [0.1, 0.15) is 108 Å². The Morgan fingerprint density at radius 2 is 1.65 bits per heavy atom.